The number of pyridine rings is 1. The van der Waals surface area contributed by atoms with Gasteiger partial charge in [-0.25, -0.2) is 18.5 Å². The number of sulfonamides is 1. The average Bonchev–Trinajstić information content (AvgIpc) is 3.15. The predicted molar refractivity (Wildman–Crippen MR) is 118 cm³/mol. The quantitative estimate of drug-likeness (QED) is 0.466. The average molecular weight is 422 g/mol. The molecule has 0 bridgehead atoms. The summed E-state index contributed by atoms with van der Waals surface area (Å²) >= 11 is 0. The van der Waals surface area contributed by atoms with E-state index in [0.717, 1.165) is 45.8 Å². The van der Waals surface area contributed by atoms with Gasteiger partial charge in [0, 0.05) is 5.39 Å². The number of benzene rings is 2. The molecule has 2 aromatic carbocycles. The van der Waals surface area contributed by atoms with E-state index in [0.29, 0.717) is 13.0 Å². The molecule has 0 radical (unpaired) electrons. The number of nitrogens with one attached hydrogen (secondary N) is 1. The number of fused-ring (bicyclic) bond motifs is 1. The summed E-state index contributed by atoms with van der Waals surface area (Å²) in [7, 11) is -3.70. The summed E-state index contributed by atoms with van der Waals surface area (Å²) in [5.41, 5.74) is 3.00. The first-order valence-electron chi connectivity index (χ1n) is 9.68. The van der Waals surface area contributed by atoms with Gasteiger partial charge in [0.1, 0.15) is 17.3 Å². The highest BCUT2D eigenvalue weighted by atomic mass is 32.2. The van der Waals surface area contributed by atoms with Crippen LogP contribution in [0.5, 0.6) is 0 Å². The Morgan fingerprint density at radius 3 is 2.60 bits per heavy atom. The van der Waals surface area contributed by atoms with E-state index in [1.807, 2.05) is 43.3 Å². The van der Waals surface area contributed by atoms with Crippen LogP contribution in [-0.2, 0) is 29.4 Å². The van der Waals surface area contributed by atoms with Crippen molar-refractivity contribution < 1.29 is 12.8 Å². The Labute approximate surface area is 175 Å². The van der Waals surface area contributed by atoms with Crippen molar-refractivity contribution in [3.8, 4) is 0 Å². The summed E-state index contributed by atoms with van der Waals surface area (Å²) < 4.78 is 28.7. The second kappa shape index (κ2) is 8.30. The third-order valence-corrected chi connectivity index (χ3v) is 5.88. The van der Waals surface area contributed by atoms with Crippen LogP contribution in [0.15, 0.2) is 76.0 Å². The van der Waals surface area contributed by atoms with Crippen LogP contribution < -0.4 is 10.5 Å². The van der Waals surface area contributed by atoms with Crippen molar-refractivity contribution in [2.45, 2.75) is 31.2 Å². The Bertz CT molecular complexity index is 1300. The molecular formula is C23H23N3O3S. The molecule has 0 amide bonds. The largest absolute Gasteiger partial charge is 0.465 e. The maximum atomic E-state index is 11.6. The third-order valence-electron chi connectivity index (χ3n) is 4.97. The lowest BCUT2D eigenvalue weighted by molar-refractivity contribution is 0.490. The number of nitrogens with two attached hydrogens (primary N) is 1. The molecule has 0 aliphatic heterocycles. The number of aromatic nitrogens is 1. The Morgan fingerprint density at radius 2 is 1.83 bits per heavy atom. The van der Waals surface area contributed by atoms with Gasteiger partial charge in [-0.05, 0) is 73.4 Å². The first-order chi connectivity index (χ1) is 14.4. The van der Waals surface area contributed by atoms with Crippen LogP contribution in [0.25, 0.3) is 10.9 Å². The molecule has 0 saturated heterocycles. The first-order valence-corrected chi connectivity index (χ1v) is 11.2. The van der Waals surface area contributed by atoms with Crippen LogP contribution in [0.1, 0.15) is 22.6 Å². The second-order valence-corrected chi connectivity index (χ2v) is 8.80. The van der Waals surface area contributed by atoms with Crippen molar-refractivity contribution in [3.05, 3.63) is 89.4 Å². The summed E-state index contributed by atoms with van der Waals surface area (Å²) in [6, 6.07) is 20.8. The lowest BCUT2D eigenvalue weighted by Gasteiger charge is -2.09. The van der Waals surface area contributed by atoms with E-state index in [1.54, 1.807) is 12.1 Å². The number of furan rings is 1. The Morgan fingerprint density at radius 1 is 1.00 bits per heavy atom. The topological polar surface area (TPSA) is 98.2 Å². The molecule has 0 unspecified atom stereocenters. The molecule has 4 aromatic rings. The minimum Gasteiger partial charge on any atom is -0.465 e. The SMILES string of the molecule is Cc1ccc(CNc2ccc3c(CCc4cccc(S(N)(=O)=O)c4)cccc3n2)o1. The van der Waals surface area contributed by atoms with E-state index in [4.69, 9.17) is 14.5 Å². The highest BCUT2D eigenvalue weighted by Crippen LogP contribution is 2.22. The maximum Gasteiger partial charge on any atom is 0.238 e. The number of aryl methyl sites for hydroxylation is 3. The minimum absolute atomic E-state index is 0.141. The van der Waals surface area contributed by atoms with E-state index in [-0.39, 0.29) is 4.90 Å². The first kappa shape index (κ1) is 20.1. The van der Waals surface area contributed by atoms with Gasteiger partial charge in [-0.2, -0.15) is 0 Å². The van der Waals surface area contributed by atoms with E-state index >= 15 is 0 Å². The van der Waals surface area contributed by atoms with Gasteiger partial charge in [0.05, 0.1) is 17.0 Å². The molecule has 3 N–H and O–H groups in total. The fraction of sp³-hybridized carbons (Fsp3) is 0.174. The molecule has 0 aliphatic carbocycles. The summed E-state index contributed by atoms with van der Waals surface area (Å²) in [5.74, 6) is 2.54. The monoisotopic (exact) mass is 421 g/mol. The summed E-state index contributed by atoms with van der Waals surface area (Å²) in [5, 5.41) is 9.61. The second-order valence-electron chi connectivity index (χ2n) is 7.24. The zero-order valence-electron chi connectivity index (χ0n) is 16.6. The smallest absolute Gasteiger partial charge is 0.238 e. The lowest BCUT2D eigenvalue weighted by atomic mass is 10.0. The van der Waals surface area contributed by atoms with Crippen LogP contribution in [0, 0.1) is 6.92 Å². The molecule has 0 atom stereocenters. The van der Waals surface area contributed by atoms with Crippen molar-refractivity contribution in [1.29, 1.82) is 0 Å². The van der Waals surface area contributed by atoms with Crippen LogP contribution in [0.4, 0.5) is 5.82 Å². The molecule has 30 heavy (non-hydrogen) atoms. The minimum atomic E-state index is -3.70. The number of hydrogen-bond donors (Lipinski definition) is 2. The number of rotatable bonds is 7. The van der Waals surface area contributed by atoms with Crippen molar-refractivity contribution in [3.63, 3.8) is 0 Å². The van der Waals surface area contributed by atoms with Gasteiger partial charge >= 0.3 is 0 Å². The Kier molecular flexibility index (Phi) is 5.57. The van der Waals surface area contributed by atoms with Gasteiger partial charge in [-0.1, -0.05) is 24.3 Å². The van der Waals surface area contributed by atoms with Gasteiger partial charge < -0.3 is 9.73 Å². The van der Waals surface area contributed by atoms with Gasteiger partial charge in [-0.3, -0.25) is 0 Å². The molecule has 2 heterocycles. The van der Waals surface area contributed by atoms with Crippen molar-refractivity contribution in [1.82, 2.24) is 4.98 Å². The number of anilines is 1. The molecule has 0 spiro atoms. The molecule has 4 rings (SSSR count). The number of nitrogens with zero attached hydrogens (tertiary/aromatic N) is 1. The van der Waals surface area contributed by atoms with E-state index in [1.165, 1.54) is 6.07 Å². The molecule has 0 saturated carbocycles. The van der Waals surface area contributed by atoms with Crippen LogP contribution in [-0.4, -0.2) is 13.4 Å². The highest BCUT2D eigenvalue weighted by molar-refractivity contribution is 7.89. The number of hydrogen-bond acceptors (Lipinski definition) is 5. The predicted octanol–water partition coefficient (Wildman–Crippen LogP) is 4.18. The Balaban J connectivity index is 1.49. The van der Waals surface area contributed by atoms with Crippen LogP contribution in [0.2, 0.25) is 0 Å². The van der Waals surface area contributed by atoms with Crippen molar-refractivity contribution >= 4 is 26.7 Å². The molecule has 7 heteroatoms. The van der Waals surface area contributed by atoms with Gasteiger partial charge in [0.15, 0.2) is 0 Å². The van der Waals surface area contributed by atoms with Gasteiger partial charge in [0.25, 0.3) is 0 Å². The Hall–Kier alpha value is -3.16. The van der Waals surface area contributed by atoms with Crippen molar-refractivity contribution in [2.24, 2.45) is 5.14 Å². The zero-order valence-corrected chi connectivity index (χ0v) is 17.4. The highest BCUT2D eigenvalue weighted by Gasteiger charge is 2.09. The fourth-order valence-corrected chi connectivity index (χ4v) is 4.03. The summed E-state index contributed by atoms with van der Waals surface area (Å²) in [6.07, 6.45) is 1.48. The molecule has 0 fully saturated rings. The summed E-state index contributed by atoms with van der Waals surface area (Å²) in [6.45, 7) is 2.50. The van der Waals surface area contributed by atoms with Crippen LogP contribution >= 0.6 is 0 Å². The van der Waals surface area contributed by atoms with Gasteiger partial charge in [0.2, 0.25) is 10.0 Å². The standard InChI is InChI=1S/C23H23N3O3S/c1-16-8-11-19(29-16)15-25-23-13-12-21-18(5-3-7-22(21)26-23)10-9-17-4-2-6-20(14-17)30(24,27)28/h2-8,11-14H,9-10,15H2,1H3,(H,25,26)(H2,24,27,28). The summed E-state index contributed by atoms with van der Waals surface area (Å²) in [4.78, 5) is 4.85. The fourth-order valence-electron chi connectivity index (χ4n) is 3.45. The zero-order chi connectivity index (χ0) is 21.1. The van der Waals surface area contributed by atoms with Crippen LogP contribution in [0.3, 0.4) is 0 Å². The maximum absolute atomic E-state index is 11.6. The third kappa shape index (κ3) is 4.69. The molecular weight excluding hydrogens is 398 g/mol. The number of primary sulfonamides is 1. The molecule has 6 nitrogen and oxygen atoms in total. The van der Waals surface area contributed by atoms with E-state index in [9.17, 15) is 8.42 Å². The molecule has 154 valence electrons. The van der Waals surface area contributed by atoms with Crippen molar-refractivity contribution in [2.75, 3.05) is 5.32 Å². The van der Waals surface area contributed by atoms with E-state index < -0.39 is 10.0 Å². The molecule has 0 aliphatic rings. The van der Waals surface area contributed by atoms with E-state index in [2.05, 4.69) is 17.4 Å². The lowest BCUT2D eigenvalue weighted by Crippen LogP contribution is -2.12. The normalized spacial score (nSPS) is 11.7. The molecule has 2 aromatic heterocycles. The van der Waals surface area contributed by atoms with Gasteiger partial charge in [-0.15, -0.1) is 0 Å².